The van der Waals surface area contributed by atoms with E-state index in [1.54, 1.807) is 29.3 Å². The summed E-state index contributed by atoms with van der Waals surface area (Å²) in [6, 6.07) is 13.0. The van der Waals surface area contributed by atoms with Gasteiger partial charge in [0, 0.05) is 35.8 Å². The number of likely N-dealkylation sites (N-methyl/N-ethyl adjacent to an activating group) is 1. The van der Waals surface area contributed by atoms with Crippen LogP contribution in [0, 0.1) is 5.92 Å². The number of sulfonamides is 2. The molecular weight excluding hydrogens is 610 g/mol. The van der Waals surface area contributed by atoms with Gasteiger partial charge in [0.25, 0.3) is 20.0 Å². The predicted molar refractivity (Wildman–Crippen MR) is 158 cm³/mol. The zero-order chi connectivity index (χ0) is 29.9. The number of halogens is 1. The maximum absolute atomic E-state index is 13.4. The molecule has 2 heterocycles. The third-order valence-electron chi connectivity index (χ3n) is 6.89. The first-order valence-electron chi connectivity index (χ1n) is 12.8. The van der Waals surface area contributed by atoms with Crippen LogP contribution in [-0.2, 0) is 31.3 Å². The second-order valence-corrected chi connectivity index (χ2v) is 15.3. The number of ether oxygens (including phenoxy) is 1. The summed E-state index contributed by atoms with van der Waals surface area (Å²) in [7, 11) is -6.23. The summed E-state index contributed by atoms with van der Waals surface area (Å²) in [4.78, 5) is 15.0. The maximum atomic E-state index is 13.4. The van der Waals surface area contributed by atoms with Gasteiger partial charge in [-0.3, -0.25) is 9.52 Å². The SMILES string of the molecule is C[C@H]1CN([C@@H](C)CO)C(=O)Cc2cc(NS(=O)(=O)c3ccc(Cl)cc3)ccc2O[C@@H]1CN(C)S(=O)(=O)c1cccs1. The summed E-state index contributed by atoms with van der Waals surface area (Å²) in [5.74, 6) is -0.255. The number of nitrogens with zero attached hydrogens (tertiary/aromatic N) is 2. The molecule has 2 N–H and O–H groups in total. The molecule has 0 spiro atoms. The molecule has 1 aliphatic heterocycles. The minimum absolute atomic E-state index is 0.00131. The van der Waals surface area contributed by atoms with E-state index in [2.05, 4.69) is 4.72 Å². The van der Waals surface area contributed by atoms with Gasteiger partial charge in [0.2, 0.25) is 5.91 Å². The minimum Gasteiger partial charge on any atom is -0.488 e. The highest BCUT2D eigenvalue weighted by molar-refractivity contribution is 7.92. The number of anilines is 1. The molecule has 2 aromatic carbocycles. The van der Waals surface area contributed by atoms with Gasteiger partial charge in [-0.15, -0.1) is 11.3 Å². The Morgan fingerprint density at radius 2 is 1.88 bits per heavy atom. The van der Waals surface area contributed by atoms with E-state index in [1.165, 1.54) is 53.8 Å². The standard InChI is InChI=1S/C27H32ClN3O7S3/c1-18-15-31(19(2)17-32)26(33)14-20-13-22(29-40(34,35)23-9-6-21(28)7-10-23)8-11-24(20)38-25(18)16-30(3)41(36,37)27-5-4-12-39-27/h4-13,18-19,25,29,32H,14-17H2,1-3H3/t18-,19-,25+/m0/s1. The lowest BCUT2D eigenvalue weighted by molar-refractivity contribution is -0.134. The van der Waals surface area contributed by atoms with Crippen molar-refractivity contribution in [1.82, 2.24) is 9.21 Å². The van der Waals surface area contributed by atoms with E-state index in [4.69, 9.17) is 16.3 Å². The molecule has 0 unspecified atom stereocenters. The smallest absolute Gasteiger partial charge is 0.261 e. The highest BCUT2D eigenvalue weighted by Gasteiger charge is 2.34. The van der Waals surface area contributed by atoms with Crippen LogP contribution in [0.25, 0.3) is 0 Å². The van der Waals surface area contributed by atoms with Crippen LogP contribution in [0.3, 0.4) is 0 Å². The number of benzene rings is 2. The van der Waals surface area contributed by atoms with Gasteiger partial charge in [-0.2, -0.15) is 4.31 Å². The van der Waals surface area contributed by atoms with Gasteiger partial charge in [0.15, 0.2) is 0 Å². The average Bonchev–Trinajstić information content (AvgIpc) is 3.48. The van der Waals surface area contributed by atoms with E-state index in [0.29, 0.717) is 16.3 Å². The van der Waals surface area contributed by atoms with Crippen LogP contribution in [0.5, 0.6) is 5.75 Å². The van der Waals surface area contributed by atoms with Crippen LogP contribution in [0.1, 0.15) is 19.4 Å². The summed E-state index contributed by atoms with van der Waals surface area (Å²) < 4.78 is 62.5. The number of aliphatic hydroxyl groups excluding tert-OH is 1. The van der Waals surface area contributed by atoms with Crippen LogP contribution < -0.4 is 9.46 Å². The lowest BCUT2D eigenvalue weighted by atomic mass is 10.0. The van der Waals surface area contributed by atoms with Crippen molar-refractivity contribution in [1.29, 1.82) is 0 Å². The molecular formula is C27H32ClN3O7S3. The normalized spacial score (nSPS) is 19.1. The van der Waals surface area contributed by atoms with Gasteiger partial charge in [-0.1, -0.05) is 24.6 Å². The fraction of sp³-hybridized carbons (Fsp3) is 0.370. The van der Waals surface area contributed by atoms with Crippen molar-refractivity contribution < 1.29 is 31.5 Å². The lowest BCUT2D eigenvalue weighted by Crippen LogP contribution is -2.48. The van der Waals surface area contributed by atoms with E-state index in [0.717, 1.165) is 11.3 Å². The van der Waals surface area contributed by atoms with Crippen molar-refractivity contribution in [2.24, 2.45) is 5.92 Å². The summed E-state index contributed by atoms with van der Waals surface area (Å²) in [6.07, 6.45) is -0.775. The van der Waals surface area contributed by atoms with E-state index >= 15 is 0 Å². The predicted octanol–water partition coefficient (Wildman–Crippen LogP) is 3.67. The van der Waals surface area contributed by atoms with Gasteiger partial charge in [0.05, 0.1) is 30.5 Å². The monoisotopic (exact) mass is 641 g/mol. The largest absolute Gasteiger partial charge is 0.488 e. The van der Waals surface area contributed by atoms with Crippen molar-refractivity contribution >= 4 is 54.6 Å². The van der Waals surface area contributed by atoms with E-state index in [-0.39, 0.29) is 52.7 Å². The highest BCUT2D eigenvalue weighted by atomic mass is 35.5. The van der Waals surface area contributed by atoms with Gasteiger partial charge in [-0.05, 0) is 60.8 Å². The number of thiophene rings is 1. The van der Waals surface area contributed by atoms with Crippen molar-refractivity contribution in [3.05, 3.63) is 70.6 Å². The molecule has 0 bridgehead atoms. The number of amides is 1. The van der Waals surface area contributed by atoms with Crippen molar-refractivity contribution in [3.8, 4) is 5.75 Å². The number of rotatable bonds is 9. The van der Waals surface area contributed by atoms with Gasteiger partial charge < -0.3 is 14.7 Å². The second-order valence-electron chi connectivity index (χ2n) is 9.99. The third kappa shape index (κ3) is 7.22. The molecule has 3 aromatic rings. The molecule has 0 aliphatic carbocycles. The Balaban J connectivity index is 1.68. The van der Waals surface area contributed by atoms with E-state index < -0.39 is 32.2 Å². The Labute approximate surface area is 249 Å². The zero-order valence-corrected chi connectivity index (χ0v) is 25.9. The van der Waals surface area contributed by atoms with Crippen LogP contribution in [0.4, 0.5) is 5.69 Å². The first-order chi connectivity index (χ1) is 19.3. The number of hydrogen-bond acceptors (Lipinski definition) is 8. The quantitative estimate of drug-likeness (QED) is 0.364. The Hall–Kier alpha value is -2.68. The fourth-order valence-electron chi connectivity index (χ4n) is 4.45. The molecule has 0 radical (unpaired) electrons. The Morgan fingerprint density at radius 3 is 2.51 bits per heavy atom. The first-order valence-corrected chi connectivity index (χ1v) is 17.0. The molecule has 222 valence electrons. The van der Waals surface area contributed by atoms with Gasteiger partial charge in [-0.25, -0.2) is 16.8 Å². The molecule has 0 saturated carbocycles. The molecule has 14 heteroatoms. The number of carbonyl (C=O) groups excluding carboxylic acids is 1. The minimum atomic E-state index is -3.95. The van der Waals surface area contributed by atoms with Crippen molar-refractivity contribution in [2.75, 3.05) is 31.5 Å². The second kappa shape index (κ2) is 12.7. The number of hydrogen-bond donors (Lipinski definition) is 2. The summed E-state index contributed by atoms with van der Waals surface area (Å²) >= 11 is 7.01. The highest BCUT2D eigenvalue weighted by Crippen LogP contribution is 2.31. The lowest BCUT2D eigenvalue weighted by Gasteiger charge is -2.33. The summed E-state index contributed by atoms with van der Waals surface area (Å²) in [5.41, 5.74) is 0.641. The van der Waals surface area contributed by atoms with Gasteiger partial charge >= 0.3 is 0 Å². The van der Waals surface area contributed by atoms with Gasteiger partial charge in [0.1, 0.15) is 16.1 Å². The average molecular weight is 642 g/mol. The molecule has 1 aromatic heterocycles. The number of carbonyl (C=O) groups is 1. The van der Waals surface area contributed by atoms with Crippen molar-refractivity contribution in [3.63, 3.8) is 0 Å². The number of fused-ring (bicyclic) bond motifs is 1. The molecule has 41 heavy (non-hydrogen) atoms. The van der Waals surface area contributed by atoms with Crippen LogP contribution in [0.2, 0.25) is 5.02 Å². The Kier molecular flexibility index (Phi) is 9.66. The van der Waals surface area contributed by atoms with Crippen LogP contribution in [-0.4, -0.2) is 75.9 Å². The Bertz CT molecular complexity index is 1580. The zero-order valence-electron chi connectivity index (χ0n) is 22.7. The third-order valence-corrected chi connectivity index (χ3v) is 11.7. The summed E-state index contributed by atoms with van der Waals surface area (Å²) in [6.45, 7) is 3.55. The fourth-order valence-corrected chi connectivity index (χ4v) is 8.01. The Morgan fingerprint density at radius 1 is 1.17 bits per heavy atom. The molecule has 1 aliphatic rings. The first kappa shape index (κ1) is 31.3. The van der Waals surface area contributed by atoms with Crippen LogP contribution in [0.15, 0.2) is 69.1 Å². The summed E-state index contributed by atoms with van der Waals surface area (Å²) in [5, 5.41) is 11.9. The topological polar surface area (TPSA) is 133 Å². The maximum Gasteiger partial charge on any atom is 0.261 e. The van der Waals surface area contributed by atoms with Crippen molar-refractivity contribution in [2.45, 2.75) is 41.5 Å². The van der Waals surface area contributed by atoms with Crippen LogP contribution >= 0.6 is 22.9 Å². The number of aliphatic hydroxyl groups is 1. The molecule has 1 amide bonds. The molecule has 3 atom stereocenters. The van der Waals surface area contributed by atoms with E-state index in [1.807, 2.05) is 6.92 Å². The molecule has 10 nitrogen and oxygen atoms in total. The molecule has 0 fully saturated rings. The molecule has 4 rings (SSSR count). The van der Waals surface area contributed by atoms with E-state index in [9.17, 15) is 26.7 Å². The number of nitrogens with one attached hydrogen (secondary N) is 1. The molecule has 0 saturated heterocycles.